The predicted molar refractivity (Wildman–Crippen MR) is 76.3 cm³/mol. The minimum Gasteiger partial charge on any atom is -0.465 e. The molecule has 0 saturated heterocycles. The zero-order valence-corrected chi connectivity index (χ0v) is 11.1. The van der Waals surface area contributed by atoms with Crippen molar-refractivity contribution in [3.05, 3.63) is 65.2 Å². The summed E-state index contributed by atoms with van der Waals surface area (Å²) < 4.78 is 4.71. The molecule has 0 bridgehead atoms. The minimum atomic E-state index is -0.308. The Morgan fingerprint density at radius 2 is 1.95 bits per heavy atom. The predicted octanol–water partition coefficient (Wildman–Crippen LogP) is 3.39. The van der Waals surface area contributed by atoms with Gasteiger partial charge in [-0.25, -0.2) is 4.79 Å². The third kappa shape index (κ3) is 3.58. The van der Waals surface area contributed by atoms with Crippen molar-refractivity contribution < 1.29 is 9.53 Å². The van der Waals surface area contributed by atoms with Crippen molar-refractivity contribution in [2.24, 2.45) is 0 Å². The van der Waals surface area contributed by atoms with Crippen LogP contribution in [-0.4, -0.2) is 13.1 Å². The number of benzene rings is 2. The summed E-state index contributed by atoms with van der Waals surface area (Å²) in [6.45, 7) is 2.73. The number of hydrogen-bond acceptors (Lipinski definition) is 3. The molecule has 0 aromatic heterocycles. The number of ether oxygens (including phenoxy) is 1. The molecule has 3 nitrogen and oxygen atoms in total. The maximum absolute atomic E-state index is 11.4. The fourth-order valence-electron chi connectivity index (χ4n) is 1.89. The van der Waals surface area contributed by atoms with Crippen LogP contribution in [0.2, 0.25) is 0 Å². The summed E-state index contributed by atoms with van der Waals surface area (Å²) in [5, 5.41) is 3.33. The normalized spacial score (nSPS) is 10.0. The van der Waals surface area contributed by atoms with Gasteiger partial charge in [0.2, 0.25) is 0 Å². The average Bonchev–Trinajstić information content (AvgIpc) is 2.45. The maximum Gasteiger partial charge on any atom is 0.337 e. The Hall–Kier alpha value is -2.29. The van der Waals surface area contributed by atoms with Gasteiger partial charge < -0.3 is 10.1 Å². The molecule has 0 spiro atoms. The number of hydrogen-bond donors (Lipinski definition) is 1. The summed E-state index contributed by atoms with van der Waals surface area (Å²) in [6.07, 6.45) is 0. The third-order valence-electron chi connectivity index (χ3n) is 2.86. The van der Waals surface area contributed by atoms with Gasteiger partial charge in [-0.1, -0.05) is 24.3 Å². The molecule has 0 saturated carbocycles. The average molecular weight is 255 g/mol. The van der Waals surface area contributed by atoms with Crippen LogP contribution in [-0.2, 0) is 11.3 Å². The Morgan fingerprint density at radius 3 is 2.68 bits per heavy atom. The summed E-state index contributed by atoms with van der Waals surface area (Å²) in [6, 6.07) is 15.6. The number of nitrogens with one attached hydrogen (secondary N) is 1. The molecule has 0 aliphatic carbocycles. The van der Waals surface area contributed by atoms with E-state index in [2.05, 4.69) is 24.4 Å². The molecule has 19 heavy (non-hydrogen) atoms. The minimum absolute atomic E-state index is 0.308. The molecule has 0 aliphatic rings. The molecular formula is C16H17NO2. The molecule has 0 heterocycles. The van der Waals surface area contributed by atoms with Crippen LogP contribution in [0.1, 0.15) is 21.5 Å². The van der Waals surface area contributed by atoms with E-state index in [1.807, 2.05) is 30.3 Å². The summed E-state index contributed by atoms with van der Waals surface area (Å²) >= 11 is 0. The van der Waals surface area contributed by atoms with Crippen LogP contribution < -0.4 is 5.32 Å². The Kier molecular flexibility index (Phi) is 4.18. The highest BCUT2D eigenvalue weighted by Gasteiger charge is 2.05. The Bertz CT molecular complexity index is 578. The van der Waals surface area contributed by atoms with E-state index in [9.17, 15) is 4.79 Å². The highest BCUT2D eigenvalue weighted by molar-refractivity contribution is 5.89. The fourth-order valence-corrected chi connectivity index (χ4v) is 1.89. The second-order valence-electron chi connectivity index (χ2n) is 4.41. The lowest BCUT2D eigenvalue weighted by Crippen LogP contribution is -2.04. The molecule has 0 fully saturated rings. The van der Waals surface area contributed by atoms with Crippen LogP contribution in [0.4, 0.5) is 5.69 Å². The van der Waals surface area contributed by atoms with Gasteiger partial charge in [-0.3, -0.25) is 0 Å². The molecule has 0 aliphatic heterocycles. The maximum atomic E-state index is 11.4. The van der Waals surface area contributed by atoms with E-state index in [-0.39, 0.29) is 5.97 Å². The van der Waals surface area contributed by atoms with Gasteiger partial charge >= 0.3 is 5.97 Å². The lowest BCUT2D eigenvalue weighted by molar-refractivity contribution is 0.0600. The smallest absolute Gasteiger partial charge is 0.337 e. The molecule has 1 N–H and O–H groups in total. The highest BCUT2D eigenvalue weighted by Crippen LogP contribution is 2.12. The highest BCUT2D eigenvalue weighted by atomic mass is 16.5. The SMILES string of the molecule is COC(=O)c1cccc(CNc2cccc(C)c2)c1. The lowest BCUT2D eigenvalue weighted by atomic mass is 10.1. The van der Waals surface area contributed by atoms with Gasteiger partial charge in [0.15, 0.2) is 0 Å². The molecule has 98 valence electrons. The molecule has 0 amide bonds. The van der Waals surface area contributed by atoms with E-state index in [1.165, 1.54) is 12.7 Å². The van der Waals surface area contributed by atoms with Gasteiger partial charge in [-0.2, -0.15) is 0 Å². The molecule has 2 aromatic rings. The van der Waals surface area contributed by atoms with Crippen LogP contribution in [0, 0.1) is 6.92 Å². The van der Waals surface area contributed by atoms with Crippen molar-refractivity contribution >= 4 is 11.7 Å². The van der Waals surface area contributed by atoms with Gasteiger partial charge in [0.25, 0.3) is 0 Å². The number of methoxy groups -OCH3 is 1. The summed E-state index contributed by atoms with van der Waals surface area (Å²) in [5.74, 6) is -0.308. The van der Waals surface area contributed by atoms with Gasteiger partial charge in [0, 0.05) is 12.2 Å². The topological polar surface area (TPSA) is 38.3 Å². The van der Waals surface area contributed by atoms with E-state index >= 15 is 0 Å². The summed E-state index contributed by atoms with van der Waals surface area (Å²) in [4.78, 5) is 11.4. The number of anilines is 1. The van der Waals surface area contributed by atoms with Crippen LogP contribution in [0.5, 0.6) is 0 Å². The van der Waals surface area contributed by atoms with Crippen molar-refractivity contribution in [1.29, 1.82) is 0 Å². The van der Waals surface area contributed by atoms with E-state index in [1.54, 1.807) is 6.07 Å². The second kappa shape index (κ2) is 6.05. The third-order valence-corrected chi connectivity index (χ3v) is 2.86. The van der Waals surface area contributed by atoms with Crippen molar-refractivity contribution in [3.8, 4) is 0 Å². The largest absolute Gasteiger partial charge is 0.465 e. The van der Waals surface area contributed by atoms with Gasteiger partial charge in [0.05, 0.1) is 12.7 Å². The van der Waals surface area contributed by atoms with E-state index in [4.69, 9.17) is 4.74 Å². The van der Waals surface area contributed by atoms with Crippen molar-refractivity contribution in [2.75, 3.05) is 12.4 Å². The zero-order chi connectivity index (χ0) is 13.7. The van der Waals surface area contributed by atoms with E-state index in [0.717, 1.165) is 11.3 Å². The van der Waals surface area contributed by atoms with Gasteiger partial charge in [-0.15, -0.1) is 0 Å². The van der Waals surface area contributed by atoms with Crippen molar-refractivity contribution in [3.63, 3.8) is 0 Å². The number of carbonyl (C=O) groups is 1. The standard InChI is InChI=1S/C16H17NO2/c1-12-5-3-8-15(9-12)17-11-13-6-4-7-14(10-13)16(18)19-2/h3-10,17H,11H2,1-2H3. The fraction of sp³-hybridized carbons (Fsp3) is 0.188. The summed E-state index contributed by atoms with van der Waals surface area (Å²) in [5.41, 5.74) is 3.91. The molecule has 0 atom stereocenters. The first-order valence-electron chi connectivity index (χ1n) is 6.17. The zero-order valence-electron chi connectivity index (χ0n) is 11.1. The Labute approximate surface area is 113 Å². The van der Waals surface area contributed by atoms with Crippen molar-refractivity contribution in [2.45, 2.75) is 13.5 Å². The monoisotopic (exact) mass is 255 g/mol. The lowest BCUT2D eigenvalue weighted by Gasteiger charge is -2.08. The van der Waals surface area contributed by atoms with E-state index < -0.39 is 0 Å². The van der Waals surface area contributed by atoms with Gasteiger partial charge in [0.1, 0.15) is 0 Å². The van der Waals surface area contributed by atoms with Crippen LogP contribution in [0.3, 0.4) is 0 Å². The number of esters is 1. The molecule has 2 rings (SSSR count). The molecule has 0 unspecified atom stereocenters. The number of carbonyl (C=O) groups excluding carboxylic acids is 1. The van der Waals surface area contributed by atoms with Crippen LogP contribution in [0.25, 0.3) is 0 Å². The van der Waals surface area contributed by atoms with Crippen molar-refractivity contribution in [1.82, 2.24) is 0 Å². The number of rotatable bonds is 4. The Morgan fingerprint density at radius 1 is 1.16 bits per heavy atom. The quantitative estimate of drug-likeness (QED) is 0.851. The molecule has 3 heteroatoms. The van der Waals surface area contributed by atoms with Gasteiger partial charge in [-0.05, 0) is 42.3 Å². The van der Waals surface area contributed by atoms with Crippen LogP contribution >= 0.6 is 0 Å². The summed E-state index contributed by atoms with van der Waals surface area (Å²) in [7, 11) is 1.39. The first kappa shape index (κ1) is 13.1. The molecule has 2 aromatic carbocycles. The van der Waals surface area contributed by atoms with Crippen LogP contribution in [0.15, 0.2) is 48.5 Å². The van der Waals surface area contributed by atoms with E-state index in [0.29, 0.717) is 12.1 Å². The first-order chi connectivity index (χ1) is 9.19. The molecule has 0 radical (unpaired) electrons. The molecular weight excluding hydrogens is 238 g/mol. The number of aryl methyl sites for hydroxylation is 1. The second-order valence-corrected chi connectivity index (χ2v) is 4.41. The first-order valence-corrected chi connectivity index (χ1v) is 6.17. The Balaban J connectivity index is 2.05.